The van der Waals surface area contributed by atoms with E-state index in [-0.39, 0.29) is 4.99 Å². The number of hydrogen-bond donors (Lipinski definition) is 1. The van der Waals surface area contributed by atoms with Crippen LogP contribution in [0.15, 0.2) is 42.5 Å². The Hall–Kier alpha value is -1.98. The summed E-state index contributed by atoms with van der Waals surface area (Å²) in [6, 6.07) is 12.5. The van der Waals surface area contributed by atoms with Crippen LogP contribution >= 0.6 is 23.8 Å². The van der Waals surface area contributed by atoms with Crippen LogP contribution in [0.4, 0.5) is 0 Å². The number of thiocarbonyl (C=S) groups is 1. The molecule has 0 radical (unpaired) electrons. The second-order valence-electron chi connectivity index (χ2n) is 4.38. The number of benzene rings is 2. The van der Waals surface area contributed by atoms with Crippen molar-refractivity contribution < 1.29 is 14.2 Å². The molecule has 4 nitrogen and oxygen atoms in total. The molecule has 0 heterocycles. The Morgan fingerprint density at radius 2 is 1.82 bits per heavy atom. The summed E-state index contributed by atoms with van der Waals surface area (Å²) < 4.78 is 16.4. The zero-order valence-corrected chi connectivity index (χ0v) is 13.6. The lowest BCUT2D eigenvalue weighted by Gasteiger charge is -2.12. The first kappa shape index (κ1) is 16.4. The first-order valence-corrected chi connectivity index (χ1v) is 7.38. The van der Waals surface area contributed by atoms with E-state index in [0.29, 0.717) is 35.3 Å². The van der Waals surface area contributed by atoms with Gasteiger partial charge >= 0.3 is 0 Å². The summed E-state index contributed by atoms with van der Waals surface area (Å²) in [7, 11) is 1.61. The zero-order chi connectivity index (χ0) is 15.9. The highest BCUT2D eigenvalue weighted by molar-refractivity contribution is 7.80. The number of ether oxygens (including phenoxy) is 3. The van der Waals surface area contributed by atoms with Crippen molar-refractivity contribution in [1.82, 2.24) is 0 Å². The fourth-order valence-electron chi connectivity index (χ4n) is 1.82. The first-order valence-electron chi connectivity index (χ1n) is 6.59. The molecule has 0 aromatic heterocycles. The minimum atomic E-state index is 0.242. The van der Waals surface area contributed by atoms with E-state index in [2.05, 4.69) is 0 Å². The highest BCUT2D eigenvalue weighted by Crippen LogP contribution is 2.23. The lowest BCUT2D eigenvalue weighted by Crippen LogP contribution is -2.14. The largest absolute Gasteiger partial charge is 0.497 e. The molecule has 2 aromatic carbocycles. The topological polar surface area (TPSA) is 53.7 Å². The summed E-state index contributed by atoms with van der Waals surface area (Å²) in [5.41, 5.74) is 6.27. The lowest BCUT2D eigenvalue weighted by atomic mass is 10.2. The molecule has 2 N–H and O–H groups in total. The Labute approximate surface area is 139 Å². The van der Waals surface area contributed by atoms with Crippen molar-refractivity contribution in [3.8, 4) is 17.2 Å². The lowest BCUT2D eigenvalue weighted by molar-refractivity contribution is 0.216. The standard InChI is InChI=1S/C16H16ClNO3S/c1-19-12-3-2-4-13(10-12)20-7-8-21-15-6-5-11(17)9-14(15)16(18)22/h2-6,9-10H,7-8H2,1H3,(H2,18,22). The van der Waals surface area contributed by atoms with Crippen LogP contribution in [0.2, 0.25) is 5.02 Å². The first-order chi connectivity index (χ1) is 10.6. The van der Waals surface area contributed by atoms with Crippen LogP contribution in [0.5, 0.6) is 17.2 Å². The van der Waals surface area contributed by atoms with Crippen LogP contribution in [0.3, 0.4) is 0 Å². The Morgan fingerprint density at radius 3 is 2.55 bits per heavy atom. The average Bonchev–Trinajstić information content (AvgIpc) is 2.52. The van der Waals surface area contributed by atoms with E-state index < -0.39 is 0 Å². The van der Waals surface area contributed by atoms with E-state index in [4.69, 9.17) is 43.8 Å². The van der Waals surface area contributed by atoms with Gasteiger partial charge in [-0.2, -0.15) is 0 Å². The minimum absolute atomic E-state index is 0.242. The van der Waals surface area contributed by atoms with E-state index in [1.807, 2.05) is 24.3 Å². The second-order valence-corrected chi connectivity index (χ2v) is 5.26. The molecule has 0 aliphatic heterocycles. The van der Waals surface area contributed by atoms with E-state index in [0.717, 1.165) is 5.75 Å². The van der Waals surface area contributed by atoms with Crippen LogP contribution in [0, 0.1) is 0 Å². The average molecular weight is 338 g/mol. The predicted molar refractivity (Wildman–Crippen MR) is 91.3 cm³/mol. The van der Waals surface area contributed by atoms with Crippen molar-refractivity contribution in [3.05, 3.63) is 53.1 Å². The molecule has 0 aliphatic rings. The summed E-state index contributed by atoms with van der Waals surface area (Å²) in [6.07, 6.45) is 0. The van der Waals surface area contributed by atoms with Crippen LogP contribution in [0.25, 0.3) is 0 Å². The monoisotopic (exact) mass is 337 g/mol. The molecule has 0 unspecified atom stereocenters. The summed E-state index contributed by atoms with van der Waals surface area (Å²) >= 11 is 10.9. The van der Waals surface area contributed by atoms with Crippen LogP contribution < -0.4 is 19.9 Å². The van der Waals surface area contributed by atoms with Gasteiger partial charge in [-0.05, 0) is 30.3 Å². The normalized spacial score (nSPS) is 10.1. The fraction of sp³-hybridized carbons (Fsp3) is 0.188. The molecule has 0 bridgehead atoms. The molecule has 116 valence electrons. The molecule has 0 aliphatic carbocycles. The summed E-state index contributed by atoms with van der Waals surface area (Å²) in [5, 5.41) is 0.558. The molecule has 0 spiro atoms. The molecule has 0 saturated carbocycles. The highest BCUT2D eigenvalue weighted by atomic mass is 35.5. The van der Waals surface area contributed by atoms with Gasteiger partial charge in [-0.1, -0.05) is 29.9 Å². The molecule has 6 heteroatoms. The van der Waals surface area contributed by atoms with E-state index >= 15 is 0 Å². The number of nitrogens with two attached hydrogens (primary N) is 1. The third-order valence-corrected chi connectivity index (χ3v) is 3.31. The minimum Gasteiger partial charge on any atom is -0.497 e. The van der Waals surface area contributed by atoms with Crippen molar-refractivity contribution >= 4 is 28.8 Å². The van der Waals surface area contributed by atoms with Gasteiger partial charge in [-0.15, -0.1) is 0 Å². The van der Waals surface area contributed by atoms with Gasteiger partial charge in [0.05, 0.1) is 12.7 Å². The molecule has 0 fully saturated rings. The Kier molecular flexibility index (Phi) is 5.86. The molecule has 2 rings (SSSR count). The van der Waals surface area contributed by atoms with E-state index in [9.17, 15) is 0 Å². The van der Waals surface area contributed by atoms with Gasteiger partial charge in [0, 0.05) is 11.1 Å². The molecule has 0 saturated heterocycles. The zero-order valence-electron chi connectivity index (χ0n) is 12.0. The number of hydrogen-bond acceptors (Lipinski definition) is 4. The van der Waals surface area contributed by atoms with Gasteiger partial charge in [-0.3, -0.25) is 0 Å². The van der Waals surface area contributed by atoms with Crippen LogP contribution in [-0.2, 0) is 0 Å². The van der Waals surface area contributed by atoms with Crippen molar-refractivity contribution in [2.45, 2.75) is 0 Å². The number of methoxy groups -OCH3 is 1. The fourth-order valence-corrected chi connectivity index (χ4v) is 2.15. The number of rotatable bonds is 7. The SMILES string of the molecule is COc1cccc(OCCOc2ccc(Cl)cc2C(N)=S)c1. The quantitative estimate of drug-likeness (QED) is 0.619. The van der Waals surface area contributed by atoms with Crippen molar-refractivity contribution in [1.29, 1.82) is 0 Å². The maximum absolute atomic E-state index is 5.92. The van der Waals surface area contributed by atoms with Crippen LogP contribution in [-0.4, -0.2) is 25.3 Å². The third-order valence-electron chi connectivity index (χ3n) is 2.86. The van der Waals surface area contributed by atoms with Gasteiger partial charge in [0.1, 0.15) is 35.5 Å². The molecular formula is C16H16ClNO3S. The summed E-state index contributed by atoms with van der Waals surface area (Å²) in [6.45, 7) is 0.737. The predicted octanol–water partition coefficient (Wildman–Crippen LogP) is 3.44. The maximum atomic E-state index is 5.92. The van der Waals surface area contributed by atoms with Gasteiger partial charge in [0.2, 0.25) is 0 Å². The van der Waals surface area contributed by atoms with Gasteiger partial charge in [-0.25, -0.2) is 0 Å². The highest BCUT2D eigenvalue weighted by Gasteiger charge is 2.07. The van der Waals surface area contributed by atoms with Crippen LogP contribution in [0.1, 0.15) is 5.56 Å². The van der Waals surface area contributed by atoms with Gasteiger partial charge in [0.15, 0.2) is 0 Å². The summed E-state index contributed by atoms with van der Waals surface area (Å²) in [4.78, 5) is 0.242. The molecule has 0 atom stereocenters. The Bertz CT molecular complexity index is 664. The second kappa shape index (κ2) is 7.87. The smallest absolute Gasteiger partial charge is 0.129 e. The van der Waals surface area contributed by atoms with Crippen molar-refractivity contribution in [3.63, 3.8) is 0 Å². The Balaban J connectivity index is 1.90. The molecule has 2 aromatic rings. The number of halogens is 1. The third kappa shape index (κ3) is 4.51. The van der Waals surface area contributed by atoms with E-state index in [1.165, 1.54) is 0 Å². The van der Waals surface area contributed by atoms with E-state index in [1.54, 1.807) is 25.3 Å². The van der Waals surface area contributed by atoms with Crippen molar-refractivity contribution in [2.24, 2.45) is 5.73 Å². The molecule has 22 heavy (non-hydrogen) atoms. The van der Waals surface area contributed by atoms with Gasteiger partial charge in [0.25, 0.3) is 0 Å². The van der Waals surface area contributed by atoms with Crippen molar-refractivity contribution in [2.75, 3.05) is 20.3 Å². The van der Waals surface area contributed by atoms with Gasteiger partial charge < -0.3 is 19.9 Å². The Morgan fingerprint density at radius 1 is 1.09 bits per heavy atom. The maximum Gasteiger partial charge on any atom is 0.129 e. The molecule has 0 amide bonds. The molecular weight excluding hydrogens is 322 g/mol. The summed E-state index contributed by atoms with van der Waals surface area (Å²) in [5.74, 6) is 2.05.